The van der Waals surface area contributed by atoms with Crippen LogP contribution in [0.1, 0.15) is 123 Å². The zero-order valence-electron chi connectivity index (χ0n) is 22.3. The molecule has 2 N–H and O–H groups in total. The molecule has 3 aliphatic rings. The number of rotatable bonds is 7. The van der Waals surface area contributed by atoms with Gasteiger partial charge in [-0.25, -0.2) is 0 Å². The van der Waals surface area contributed by atoms with Crippen molar-refractivity contribution in [1.82, 2.24) is 0 Å². The first kappa shape index (κ1) is 27.0. The predicted molar refractivity (Wildman–Crippen MR) is 134 cm³/mol. The summed E-state index contributed by atoms with van der Waals surface area (Å²) >= 11 is 0. The number of aliphatic hydroxyl groups is 2. The van der Waals surface area contributed by atoms with E-state index in [0.717, 1.165) is 19.3 Å². The molecule has 188 valence electrons. The number of hydrogen-bond donors (Lipinski definition) is 2. The largest absolute Gasteiger partial charge is 0.393 e. The third kappa shape index (κ3) is 5.06. The highest BCUT2D eigenvalue weighted by molar-refractivity contribution is 7.43. The van der Waals surface area contributed by atoms with Crippen molar-refractivity contribution >= 4 is 8.60 Å². The summed E-state index contributed by atoms with van der Waals surface area (Å²) < 4.78 is 16.6. The van der Waals surface area contributed by atoms with E-state index in [1.54, 1.807) is 0 Å². The van der Waals surface area contributed by atoms with E-state index >= 15 is 0 Å². The zero-order valence-corrected chi connectivity index (χ0v) is 23.2. The minimum Gasteiger partial charge on any atom is -0.393 e. The number of benzene rings is 1. The predicted octanol–water partition coefficient (Wildman–Crippen LogP) is 6.92. The van der Waals surface area contributed by atoms with E-state index in [1.165, 1.54) is 22.3 Å². The van der Waals surface area contributed by atoms with Crippen molar-refractivity contribution in [1.29, 1.82) is 0 Å². The summed E-state index contributed by atoms with van der Waals surface area (Å²) in [5, 5.41) is 20.8. The van der Waals surface area contributed by atoms with Crippen molar-refractivity contribution in [2.45, 2.75) is 129 Å². The summed E-state index contributed by atoms with van der Waals surface area (Å²) in [5.41, 5.74) is 4.38. The minimum absolute atomic E-state index is 0.0175. The molecular formula is C27H45O5P. The normalized spacial score (nSPS) is 28.7. The lowest BCUT2D eigenvalue weighted by Gasteiger charge is -2.39. The van der Waals surface area contributed by atoms with Crippen LogP contribution in [-0.4, -0.2) is 28.4 Å². The van der Waals surface area contributed by atoms with Gasteiger partial charge in [0.15, 0.2) is 5.60 Å². The van der Waals surface area contributed by atoms with E-state index in [2.05, 4.69) is 81.4 Å². The van der Waals surface area contributed by atoms with Gasteiger partial charge in [-0.1, -0.05) is 87.8 Å². The van der Waals surface area contributed by atoms with Crippen LogP contribution in [0, 0.1) is 0 Å². The van der Waals surface area contributed by atoms with Crippen LogP contribution in [0.15, 0.2) is 12.1 Å². The SMILES string of the molecule is CCCC(CCC1(CO)OP2OC1(O)O2)c1c(C(C)(C)C)cc(C(C)(C)C)cc1C(C)(C)C. The molecule has 3 saturated heterocycles. The van der Waals surface area contributed by atoms with E-state index < -0.39 is 20.2 Å². The molecule has 0 aliphatic carbocycles. The third-order valence-corrected chi connectivity index (χ3v) is 8.37. The lowest BCUT2D eigenvalue weighted by atomic mass is 9.68. The van der Waals surface area contributed by atoms with Gasteiger partial charge in [-0.05, 0) is 63.7 Å². The van der Waals surface area contributed by atoms with E-state index in [9.17, 15) is 10.2 Å². The van der Waals surface area contributed by atoms with Crippen LogP contribution in [-0.2, 0) is 29.8 Å². The van der Waals surface area contributed by atoms with Crippen molar-refractivity contribution in [2.75, 3.05) is 6.61 Å². The van der Waals surface area contributed by atoms with E-state index in [-0.39, 0.29) is 28.8 Å². The van der Waals surface area contributed by atoms with E-state index in [0.29, 0.717) is 6.42 Å². The fourth-order valence-corrected chi connectivity index (χ4v) is 6.36. The maximum atomic E-state index is 10.7. The second-order valence-electron chi connectivity index (χ2n) is 13.0. The second-order valence-corrected chi connectivity index (χ2v) is 14.0. The van der Waals surface area contributed by atoms with Crippen LogP contribution in [0.2, 0.25) is 0 Å². The monoisotopic (exact) mass is 480 g/mol. The Hall–Kier alpha value is -0.550. The molecule has 33 heavy (non-hydrogen) atoms. The summed E-state index contributed by atoms with van der Waals surface area (Å²) in [4.78, 5) is 0. The molecule has 3 aliphatic heterocycles. The first-order valence-corrected chi connectivity index (χ1v) is 13.5. The first-order chi connectivity index (χ1) is 15.0. The van der Waals surface area contributed by atoms with Gasteiger partial charge in [0.1, 0.15) is 0 Å². The molecule has 0 amide bonds. The molecule has 0 radical (unpaired) electrons. The van der Waals surface area contributed by atoms with Gasteiger partial charge in [-0.3, -0.25) is 13.6 Å². The summed E-state index contributed by atoms with van der Waals surface area (Å²) in [6.45, 7) is 22.5. The Balaban J connectivity index is 2.11. The van der Waals surface area contributed by atoms with Crippen molar-refractivity contribution in [3.05, 3.63) is 34.4 Å². The molecule has 1 aromatic rings. The van der Waals surface area contributed by atoms with Crippen LogP contribution >= 0.6 is 8.60 Å². The molecule has 0 saturated carbocycles. The lowest BCUT2D eigenvalue weighted by Crippen LogP contribution is -2.55. The average molecular weight is 481 g/mol. The standard InChI is InChI=1S/C27H45O5P/c1-11-12-18(13-14-26(17-28)27(29)31-33(30-26)32-27)22-20(24(5,6)7)15-19(23(2,3)4)16-21(22)25(8,9)10/h15-16,18,28-29H,11-14,17H2,1-10H3. The molecule has 2 bridgehead atoms. The van der Waals surface area contributed by atoms with Crippen molar-refractivity contribution < 1.29 is 23.8 Å². The van der Waals surface area contributed by atoms with Crippen LogP contribution in [0.25, 0.3) is 0 Å². The molecule has 3 heterocycles. The summed E-state index contributed by atoms with van der Waals surface area (Å²) in [7, 11) is -1.53. The Kier molecular flexibility index (Phi) is 7.24. The quantitative estimate of drug-likeness (QED) is 0.415. The van der Waals surface area contributed by atoms with Crippen molar-refractivity contribution in [3.63, 3.8) is 0 Å². The fourth-order valence-electron chi connectivity index (χ4n) is 4.98. The van der Waals surface area contributed by atoms with Gasteiger partial charge in [0.2, 0.25) is 0 Å². The maximum Gasteiger partial charge on any atom is 0.342 e. The molecule has 4 rings (SSSR count). The Morgan fingerprint density at radius 3 is 1.70 bits per heavy atom. The number of aliphatic hydroxyl groups excluding tert-OH is 1. The van der Waals surface area contributed by atoms with Crippen LogP contribution in [0.5, 0.6) is 0 Å². The summed E-state index contributed by atoms with van der Waals surface area (Å²) in [5.74, 6) is -1.55. The van der Waals surface area contributed by atoms with Gasteiger partial charge < -0.3 is 10.2 Å². The van der Waals surface area contributed by atoms with Gasteiger partial charge in [0, 0.05) is 0 Å². The smallest absolute Gasteiger partial charge is 0.342 e. The number of fused-ring (bicyclic) bond motifs is 1. The summed E-state index contributed by atoms with van der Waals surface area (Å²) in [6, 6.07) is 4.84. The molecule has 2 unspecified atom stereocenters. The second kappa shape index (κ2) is 8.84. The Morgan fingerprint density at radius 1 is 0.848 bits per heavy atom. The topological polar surface area (TPSA) is 68.2 Å². The van der Waals surface area contributed by atoms with Gasteiger partial charge >= 0.3 is 14.6 Å². The van der Waals surface area contributed by atoms with E-state index in [1.807, 2.05) is 0 Å². The maximum absolute atomic E-state index is 10.7. The highest BCUT2D eigenvalue weighted by Crippen LogP contribution is 2.72. The van der Waals surface area contributed by atoms with Crippen molar-refractivity contribution in [2.24, 2.45) is 0 Å². The van der Waals surface area contributed by atoms with Crippen molar-refractivity contribution in [3.8, 4) is 0 Å². The molecular weight excluding hydrogens is 435 g/mol. The molecule has 3 fully saturated rings. The minimum atomic E-state index is -1.82. The summed E-state index contributed by atoms with van der Waals surface area (Å²) in [6.07, 6.45) is 3.32. The van der Waals surface area contributed by atoms with E-state index in [4.69, 9.17) is 13.6 Å². The Morgan fingerprint density at radius 2 is 1.36 bits per heavy atom. The van der Waals surface area contributed by atoms with Gasteiger partial charge in [-0.2, -0.15) is 0 Å². The van der Waals surface area contributed by atoms with Gasteiger partial charge in [0.05, 0.1) is 6.61 Å². The molecule has 0 aromatic heterocycles. The molecule has 2 atom stereocenters. The first-order valence-electron chi connectivity index (χ1n) is 12.4. The lowest BCUT2D eigenvalue weighted by molar-refractivity contribution is -0.348. The fraction of sp³-hybridized carbons (Fsp3) is 0.778. The molecule has 0 spiro atoms. The van der Waals surface area contributed by atoms with Crippen LogP contribution in [0.3, 0.4) is 0 Å². The number of hydrogen-bond acceptors (Lipinski definition) is 5. The Labute approximate surface area is 202 Å². The third-order valence-electron chi connectivity index (χ3n) is 7.08. The van der Waals surface area contributed by atoms with Gasteiger partial charge in [0.25, 0.3) is 0 Å². The Bertz CT molecular complexity index is 820. The molecule has 6 heteroatoms. The molecule has 1 aromatic carbocycles. The molecule has 5 nitrogen and oxygen atoms in total. The van der Waals surface area contributed by atoms with Gasteiger partial charge in [-0.15, -0.1) is 0 Å². The highest BCUT2D eigenvalue weighted by atomic mass is 31.2. The highest BCUT2D eigenvalue weighted by Gasteiger charge is 2.73. The average Bonchev–Trinajstić information content (AvgIpc) is 3.09. The zero-order chi connectivity index (χ0) is 25.0. The van der Waals surface area contributed by atoms with Crippen LogP contribution in [0.4, 0.5) is 0 Å². The van der Waals surface area contributed by atoms with Crippen LogP contribution < -0.4 is 0 Å².